The summed E-state index contributed by atoms with van der Waals surface area (Å²) in [6.07, 6.45) is 0. The molecule has 1 atom stereocenters. The first-order valence-corrected chi connectivity index (χ1v) is 10.7. The molecule has 2 N–H and O–H groups in total. The van der Waals surface area contributed by atoms with E-state index in [1.165, 1.54) is 19.0 Å². The van der Waals surface area contributed by atoms with E-state index in [4.69, 9.17) is 22.1 Å². The fourth-order valence-corrected chi connectivity index (χ4v) is 4.96. The Morgan fingerprint density at radius 2 is 1.74 bits per heavy atom. The largest absolute Gasteiger partial charge is 0.423 e. The first kappa shape index (κ1) is 21.6. The zero-order valence-corrected chi connectivity index (χ0v) is 19.0. The highest BCUT2D eigenvalue weighted by atomic mass is 35.5. The van der Waals surface area contributed by atoms with Crippen LogP contribution in [0.15, 0.2) is 69.6 Å². The van der Waals surface area contributed by atoms with Gasteiger partial charge in [-0.2, -0.15) is 5.26 Å². The monoisotopic (exact) mass is 475 g/mol. The summed E-state index contributed by atoms with van der Waals surface area (Å²) < 4.78 is 7.58. The number of nitriles is 1. The van der Waals surface area contributed by atoms with Crippen LogP contribution in [-0.2, 0) is 30.8 Å². The van der Waals surface area contributed by atoms with Gasteiger partial charge < -0.3 is 15.4 Å². The fraction of sp³-hybridized carbons (Fsp3) is 0.167. The molecular weight excluding hydrogens is 458 g/mol. The normalized spacial score (nSPS) is 18.5. The van der Waals surface area contributed by atoms with Crippen molar-refractivity contribution in [3.8, 4) is 11.9 Å². The number of para-hydroxylation sites is 1. The zero-order chi connectivity index (χ0) is 24.4. The topological polar surface area (TPSA) is 123 Å². The highest BCUT2D eigenvalue weighted by molar-refractivity contribution is 6.31. The van der Waals surface area contributed by atoms with Gasteiger partial charge in [-0.25, -0.2) is 4.79 Å². The average molecular weight is 476 g/mol. The van der Waals surface area contributed by atoms with Gasteiger partial charge in [0.2, 0.25) is 17.7 Å². The van der Waals surface area contributed by atoms with Crippen LogP contribution in [0.4, 0.5) is 5.69 Å². The fourth-order valence-electron chi connectivity index (χ4n) is 4.76. The number of aromatic nitrogens is 2. The number of halogens is 1. The van der Waals surface area contributed by atoms with Crippen LogP contribution in [0.2, 0.25) is 5.02 Å². The third-order valence-corrected chi connectivity index (χ3v) is 6.75. The van der Waals surface area contributed by atoms with Crippen LogP contribution in [-0.4, -0.2) is 15.0 Å². The van der Waals surface area contributed by atoms with Gasteiger partial charge in [0.05, 0.1) is 6.54 Å². The molecular formula is C24H18ClN5O4. The van der Waals surface area contributed by atoms with E-state index in [9.17, 15) is 19.6 Å². The van der Waals surface area contributed by atoms with Crippen LogP contribution in [0.25, 0.3) is 0 Å². The minimum Gasteiger partial charge on any atom is -0.423 e. The lowest BCUT2D eigenvalue weighted by molar-refractivity contribution is -0.121. The Bertz CT molecular complexity index is 1600. The highest BCUT2D eigenvalue weighted by Gasteiger charge is 2.61. The number of rotatable bonds is 2. The van der Waals surface area contributed by atoms with E-state index in [1.807, 2.05) is 6.07 Å². The summed E-state index contributed by atoms with van der Waals surface area (Å²) in [6.45, 7) is 0.0954. The van der Waals surface area contributed by atoms with Gasteiger partial charge in [-0.15, -0.1) is 0 Å². The smallest absolute Gasteiger partial charge is 0.333 e. The number of amides is 1. The Kier molecular flexibility index (Phi) is 4.67. The quantitative estimate of drug-likeness (QED) is 0.601. The summed E-state index contributed by atoms with van der Waals surface area (Å²) in [5, 5.41) is 10.6. The maximum Gasteiger partial charge on any atom is 0.333 e. The van der Waals surface area contributed by atoms with Crippen molar-refractivity contribution in [2.45, 2.75) is 12.0 Å². The van der Waals surface area contributed by atoms with Gasteiger partial charge in [-0.3, -0.25) is 18.7 Å². The predicted octanol–water partition coefficient (Wildman–Crippen LogP) is 1.66. The van der Waals surface area contributed by atoms with Crippen molar-refractivity contribution in [2.75, 3.05) is 4.90 Å². The molecule has 3 heterocycles. The number of anilines is 1. The van der Waals surface area contributed by atoms with Crippen LogP contribution < -0.4 is 26.6 Å². The number of hydrogen-bond acceptors (Lipinski definition) is 6. The van der Waals surface area contributed by atoms with Crippen LogP contribution in [0.3, 0.4) is 0 Å². The van der Waals surface area contributed by atoms with Crippen LogP contribution in [0, 0.1) is 11.3 Å². The van der Waals surface area contributed by atoms with Crippen LogP contribution >= 0.6 is 11.6 Å². The standard InChI is InChI=1S/C24H18ClN5O4/c1-28-20(31)18-21(29(2)23(28)33)34-19(27)15(11-26)24(18)14-8-4-6-10-17(14)30(22(24)32)12-13-7-3-5-9-16(13)25/h3-10H,12,27H2,1-2H3/t24-/m1/s1. The Labute approximate surface area is 198 Å². The third kappa shape index (κ3) is 2.57. The van der Waals surface area contributed by atoms with Crippen molar-refractivity contribution in [3.05, 3.63) is 103 Å². The van der Waals surface area contributed by atoms with Gasteiger partial charge >= 0.3 is 5.69 Å². The number of ether oxygens (including phenoxy) is 1. The minimum atomic E-state index is -1.88. The predicted molar refractivity (Wildman–Crippen MR) is 124 cm³/mol. The molecule has 0 unspecified atom stereocenters. The molecule has 0 saturated carbocycles. The number of fused-ring (bicyclic) bond motifs is 4. The molecule has 1 amide bonds. The third-order valence-electron chi connectivity index (χ3n) is 6.38. The summed E-state index contributed by atoms with van der Waals surface area (Å²) in [7, 11) is 2.71. The van der Waals surface area contributed by atoms with Gasteiger partial charge in [0.25, 0.3) is 5.56 Å². The summed E-state index contributed by atoms with van der Waals surface area (Å²) in [5.74, 6) is -1.08. The number of hydrogen-bond donors (Lipinski definition) is 1. The van der Waals surface area contributed by atoms with Crippen LogP contribution in [0.1, 0.15) is 16.7 Å². The van der Waals surface area contributed by atoms with Gasteiger partial charge in [0.1, 0.15) is 17.2 Å². The molecule has 2 aliphatic heterocycles. The zero-order valence-electron chi connectivity index (χ0n) is 18.2. The summed E-state index contributed by atoms with van der Waals surface area (Å²) in [4.78, 5) is 41.9. The Morgan fingerprint density at radius 1 is 1.06 bits per heavy atom. The summed E-state index contributed by atoms with van der Waals surface area (Å²) in [5.41, 5.74) is 4.06. The SMILES string of the molecule is Cn1c2c(c(=O)n(C)c1=O)[C@]1(C(=O)N(Cc3ccccc3Cl)c3ccccc31)C(C#N)=C(N)O2. The van der Waals surface area contributed by atoms with E-state index in [1.54, 1.807) is 48.5 Å². The molecule has 2 aromatic carbocycles. The number of carbonyl (C=O) groups is 1. The van der Waals surface area contributed by atoms with Gasteiger partial charge in [-0.05, 0) is 17.7 Å². The lowest BCUT2D eigenvalue weighted by atomic mass is 9.69. The molecule has 170 valence electrons. The molecule has 34 heavy (non-hydrogen) atoms. The van der Waals surface area contributed by atoms with E-state index in [0.29, 0.717) is 21.8 Å². The van der Waals surface area contributed by atoms with Gasteiger partial charge in [0, 0.05) is 30.4 Å². The summed E-state index contributed by atoms with van der Waals surface area (Å²) >= 11 is 6.37. The Balaban J connectivity index is 1.89. The van der Waals surface area contributed by atoms with Crippen molar-refractivity contribution in [3.63, 3.8) is 0 Å². The van der Waals surface area contributed by atoms with Crippen molar-refractivity contribution in [1.29, 1.82) is 5.26 Å². The first-order chi connectivity index (χ1) is 16.2. The maximum absolute atomic E-state index is 14.3. The van der Waals surface area contributed by atoms with Gasteiger partial charge in [-0.1, -0.05) is 48.0 Å². The number of carbonyl (C=O) groups excluding carboxylic acids is 1. The number of benzene rings is 2. The average Bonchev–Trinajstić information content (AvgIpc) is 3.06. The second-order valence-electron chi connectivity index (χ2n) is 8.09. The van der Waals surface area contributed by atoms with Crippen molar-refractivity contribution in [2.24, 2.45) is 19.8 Å². The van der Waals surface area contributed by atoms with E-state index in [-0.39, 0.29) is 29.4 Å². The van der Waals surface area contributed by atoms with Gasteiger partial charge in [0.15, 0.2) is 5.41 Å². The van der Waals surface area contributed by atoms with E-state index in [0.717, 1.165) is 9.13 Å². The molecule has 0 saturated heterocycles. The highest BCUT2D eigenvalue weighted by Crippen LogP contribution is 2.54. The van der Waals surface area contributed by atoms with Crippen LogP contribution in [0.5, 0.6) is 5.88 Å². The molecule has 0 radical (unpaired) electrons. The van der Waals surface area contributed by atoms with E-state index < -0.39 is 22.6 Å². The molecule has 1 aromatic heterocycles. The second-order valence-corrected chi connectivity index (χ2v) is 8.50. The molecule has 2 aliphatic rings. The van der Waals surface area contributed by atoms with E-state index >= 15 is 0 Å². The molecule has 1 spiro atoms. The Hall–Kier alpha value is -4.29. The lowest BCUT2D eigenvalue weighted by Gasteiger charge is -2.34. The summed E-state index contributed by atoms with van der Waals surface area (Å²) in [6, 6.07) is 15.9. The molecule has 10 heteroatoms. The molecule has 0 aliphatic carbocycles. The van der Waals surface area contributed by atoms with E-state index in [2.05, 4.69) is 0 Å². The molecule has 0 fully saturated rings. The molecule has 0 bridgehead atoms. The van der Waals surface area contributed by atoms with Crippen molar-refractivity contribution in [1.82, 2.24) is 9.13 Å². The maximum atomic E-state index is 14.3. The number of nitrogens with zero attached hydrogens (tertiary/aromatic N) is 4. The second kappa shape index (κ2) is 7.37. The molecule has 5 rings (SSSR count). The molecule has 3 aromatic rings. The van der Waals surface area contributed by atoms with Crippen molar-refractivity contribution >= 4 is 23.2 Å². The number of nitrogens with two attached hydrogens (primary N) is 1. The van der Waals surface area contributed by atoms with Crippen molar-refractivity contribution < 1.29 is 9.53 Å². The minimum absolute atomic E-state index is 0.0954. The molecule has 9 nitrogen and oxygen atoms in total. The lowest BCUT2D eigenvalue weighted by Crippen LogP contribution is -2.52. The first-order valence-electron chi connectivity index (χ1n) is 10.3. The Morgan fingerprint density at radius 3 is 2.44 bits per heavy atom.